The van der Waals surface area contributed by atoms with Gasteiger partial charge in [-0.05, 0) is 74.5 Å². The van der Waals surface area contributed by atoms with Crippen molar-refractivity contribution in [1.29, 1.82) is 0 Å². The molecule has 0 saturated heterocycles. The maximum atomic E-state index is 5.70. The third-order valence-electron chi connectivity index (χ3n) is 7.91. The highest BCUT2D eigenvalue weighted by atomic mass is 15.1. The molecule has 2 N–H and O–H groups in total. The lowest BCUT2D eigenvalue weighted by atomic mass is 9.48. The van der Waals surface area contributed by atoms with Crippen molar-refractivity contribution in [1.82, 2.24) is 0 Å². The van der Waals surface area contributed by atoms with Crippen molar-refractivity contribution in [3.05, 3.63) is 11.6 Å². The van der Waals surface area contributed by atoms with Crippen LogP contribution in [0.1, 0.15) is 92.9 Å². The van der Waals surface area contributed by atoms with Crippen LogP contribution in [0.5, 0.6) is 0 Å². The van der Waals surface area contributed by atoms with Crippen molar-refractivity contribution in [2.45, 2.75) is 92.9 Å². The van der Waals surface area contributed by atoms with E-state index in [2.05, 4.69) is 25.0 Å². The van der Waals surface area contributed by atoms with Crippen LogP contribution >= 0.6 is 0 Å². The van der Waals surface area contributed by atoms with Gasteiger partial charge in [0.05, 0.1) is 0 Å². The maximum Gasteiger partial charge on any atom is 0.0437 e. The molecule has 0 spiro atoms. The van der Waals surface area contributed by atoms with Gasteiger partial charge in [-0.15, -0.1) is 0 Å². The van der Waals surface area contributed by atoms with Crippen molar-refractivity contribution in [2.75, 3.05) is 0 Å². The van der Waals surface area contributed by atoms with E-state index in [1.165, 1.54) is 57.1 Å². The normalized spacial score (nSPS) is 44.9. The lowest BCUT2D eigenvalue weighted by Crippen LogP contribution is -2.49. The molecule has 0 aromatic heterocycles. The molecule has 4 aliphatic rings. The van der Waals surface area contributed by atoms with Crippen LogP contribution in [0, 0.1) is 28.6 Å². The predicted molar refractivity (Wildman–Crippen MR) is 106 cm³/mol. The summed E-state index contributed by atoms with van der Waals surface area (Å²) in [6, 6.07) is 0. The van der Waals surface area contributed by atoms with Gasteiger partial charge in [-0.1, -0.05) is 53.2 Å². The van der Waals surface area contributed by atoms with E-state index in [1.54, 1.807) is 0 Å². The first-order chi connectivity index (χ1) is 11.1. The van der Waals surface area contributed by atoms with Gasteiger partial charge in [-0.25, -0.2) is 0 Å². The van der Waals surface area contributed by atoms with Gasteiger partial charge in [0, 0.05) is 11.1 Å². The summed E-state index contributed by atoms with van der Waals surface area (Å²) in [5.74, 6) is 8.34. The van der Waals surface area contributed by atoms with Crippen molar-refractivity contribution >= 4 is 5.71 Å². The quantitative estimate of drug-likeness (QED) is 0.315. The Morgan fingerprint density at radius 1 is 1.00 bits per heavy atom. The standard InChI is InChI=1S/C19H30N2.C2H6.CH4/c1-18-11-4-3-5-13(18)6-7-14-15-8-9-17(21-20)19(15,2)12-10-16(14)18;1-2;/h6,14-16H,3-5,7-12,20H2,1-2H3;1-2H3;1H4/b21-17-;;. The molecule has 5 unspecified atom stereocenters. The molecular weight excluding hydrogens is 292 g/mol. The van der Waals surface area contributed by atoms with Gasteiger partial charge in [-0.2, -0.15) is 5.10 Å². The summed E-state index contributed by atoms with van der Waals surface area (Å²) in [7, 11) is 0. The smallest absolute Gasteiger partial charge is 0.0437 e. The molecule has 3 saturated carbocycles. The van der Waals surface area contributed by atoms with Gasteiger partial charge in [0.1, 0.15) is 0 Å². The van der Waals surface area contributed by atoms with E-state index in [9.17, 15) is 0 Å². The number of fused-ring (bicyclic) bond motifs is 5. The van der Waals surface area contributed by atoms with E-state index in [1.807, 2.05) is 19.4 Å². The van der Waals surface area contributed by atoms with Crippen molar-refractivity contribution < 1.29 is 0 Å². The monoisotopic (exact) mass is 332 g/mol. The minimum Gasteiger partial charge on any atom is -0.323 e. The van der Waals surface area contributed by atoms with Crippen molar-refractivity contribution in [3.8, 4) is 0 Å². The van der Waals surface area contributed by atoms with Gasteiger partial charge in [0.15, 0.2) is 0 Å². The number of hydrogen-bond acceptors (Lipinski definition) is 2. The average molecular weight is 333 g/mol. The molecule has 4 aliphatic carbocycles. The number of hydrazone groups is 1. The Morgan fingerprint density at radius 3 is 2.42 bits per heavy atom. The number of nitrogens with zero attached hydrogens (tertiary/aromatic N) is 1. The first-order valence-corrected chi connectivity index (χ1v) is 10.1. The van der Waals surface area contributed by atoms with E-state index in [4.69, 9.17) is 5.84 Å². The summed E-state index contributed by atoms with van der Waals surface area (Å²) in [6.07, 6.45) is 14.8. The predicted octanol–water partition coefficient (Wildman–Crippen LogP) is 6.32. The fourth-order valence-corrected chi connectivity index (χ4v) is 6.70. The average Bonchev–Trinajstić information content (AvgIpc) is 2.92. The molecule has 2 heteroatoms. The highest BCUT2D eigenvalue weighted by Crippen LogP contribution is 2.64. The van der Waals surface area contributed by atoms with Gasteiger partial charge < -0.3 is 5.84 Å². The topological polar surface area (TPSA) is 38.4 Å². The van der Waals surface area contributed by atoms with Crippen LogP contribution in [-0.4, -0.2) is 5.71 Å². The Morgan fingerprint density at radius 2 is 1.71 bits per heavy atom. The molecule has 138 valence electrons. The van der Waals surface area contributed by atoms with Crippen LogP contribution in [0.3, 0.4) is 0 Å². The summed E-state index contributed by atoms with van der Waals surface area (Å²) < 4.78 is 0. The van der Waals surface area contributed by atoms with E-state index in [0.29, 0.717) is 10.8 Å². The second-order valence-corrected chi connectivity index (χ2v) is 8.54. The van der Waals surface area contributed by atoms with Crippen LogP contribution in [0.15, 0.2) is 16.8 Å². The van der Waals surface area contributed by atoms with Gasteiger partial charge in [0.2, 0.25) is 0 Å². The van der Waals surface area contributed by atoms with Crippen molar-refractivity contribution in [3.63, 3.8) is 0 Å². The Labute approximate surface area is 150 Å². The molecule has 0 aliphatic heterocycles. The number of hydrogen-bond donors (Lipinski definition) is 1. The Balaban J connectivity index is 0.000000670. The maximum absolute atomic E-state index is 5.70. The fourth-order valence-electron chi connectivity index (χ4n) is 6.70. The second kappa shape index (κ2) is 7.22. The zero-order valence-corrected chi connectivity index (χ0v) is 15.7. The lowest BCUT2D eigenvalue weighted by molar-refractivity contribution is -0.00620. The van der Waals surface area contributed by atoms with E-state index in [0.717, 1.165) is 24.2 Å². The molecule has 24 heavy (non-hydrogen) atoms. The van der Waals surface area contributed by atoms with E-state index < -0.39 is 0 Å². The van der Waals surface area contributed by atoms with Crippen LogP contribution in [0.4, 0.5) is 0 Å². The third kappa shape index (κ3) is 2.65. The van der Waals surface area contributed by atoms with Crippen LogP contribution in [0.2, 0.25) is 0 Å². The molecule has 3 fully saturated rings. The minimum atomic E-state index is 0. The summed E-state index contributed by atoms with van der Waals surface area (Å²) in [5, 5.41) is 4.18. The highest BCUT2D eigenvalue weighted by Gasteiger charge is 2.57. The molecular formula is C22H40N2. The lowest BCUT2D eigenvalue weighted by Gasteiger charge is -2.56. The molecule has 0 heterocycles. The molecule has 5 atom stereocenters. The number of rotatable bonds is 0. The molecule has 0 bridgehead atoms. The number of allylic oxidation sites excluding steroid dienone is 2. The Hall–Kier alpha value is -0.790. The third-order valence-corrected chi connectivity index (χ3v) is 7.91. The summed E-state index contributed by atoms with van der Waals surface area (Å²) >= 11 is 0. The molecule has 0 aromatic carbocycles. The fraction of sp³-hybridized carbons (Fsp3) is 0.864. The first-order valence-electron chi connectivity index (χ1n) is 10.1. The number of nitrogens with two attached hydrogens (primary N) is 1. The van der Waals surface area contributed by atoms with Crippen LogP contribution in [0.25, 0.3) is 0 Å². The van der Waals surface area contributed by atoms with Gasteiger partial charge in [0.25, 0.3) is 0 Å². The Kier molecular flexibility index (Phi) is 5.87. The van der Waals surface area contributed by atoms with Crippen LogP contribution < -0.4 is 5.84 Å². The zero-order chi connectivity index (χ0) is 16.7. The van der Waals surface area contributed by atoms with E-state index in [-0.39, 0.29) is 7.43 Å². The minimum absolute atomic E-state index is 0. The van der Waals surface area contributed by atoms with E-state index >= 15 is 0 Å². The summed E-state index contributed by atoms with van der Waals surface area (Å²) in [4.78, 5) is 0. The zero-order valence-electron chi connectivity index (χ0n) is 15.7. The molecule has 4 rings (SSSR count). The summed E-state index contributed by atoms with van der Waals surface area (Å²) in [6.45, 7) is 9.04. The largest absolute Gasteiger partial charge is 0.323 e. The molecule has 0 aromatic rings. The molecule has 2 nitrogen and oxygen atoms in total. The van der Waals surface area contributed by atoms with Crippen LogP contribution in [-0.2, 0) is 0 Å². The highest BCUT2D eigenvalue weighted by molar-refractivity contribution is 5.92. The second-order valence-electron chi connectivity index (χ2n) is 8.54. The Bertz CT molecular complexity index is 506. The molecule has 0 amide bonds. The molecule has 0 radical (unpaired) electrons. The SMILES string of the molecule is C.CC.CC12CCCCC1=CCC1C2CCC2(C)/C(=N\N)CCC12. The van der Waals surface area contributed by atoms with Gasteiger partial charge >= 0.3 is 0 Å². The van der Waals surface area contributed by atoms with Crippen molar-refractivity contribution in [2.24, 2.45) is 39.5 Å². The first kappa shape index (κ1) is 19.5. The van der Waals surface area contributed by atoms with Gasteiger partial charge in [-0.3, -0.25) is 0 Å². The summed E-state index contributed by atoms with van der Waals surface area (Å²) in [5.41, 5.74) is 3.95.